The molecule has 0 radical (unpaired) electrons. The van der Waals surface area contributed by atoms with Crippen molar-refractivity contribution in [2.75, 3.05) is 12.3 Å². The summed E-state index contributed by atoms with van der Waals surface area (Å²) in [7, 11) is -1.21. The molecule has 0 heterocycles. The number of hydrogen-bond donors (Lipinski definition) is 4. The average molecular weight is 342 g/mol. The molecule has 1 rings (SSSR count). The lowest BCUT2D eigenvalue weighted by Gasteiger charge is -2.17. The molecule has 0 spiro atoms. The summed E-state index contributed by atoms with van der Waals surface area (Å²) >= 11 is 0. The van der Waals surface area contributed by atoms with Crippen molar-refractivity contribution in [3.8, 4) is 0 Å². The fourth-order valence-electron chi connectivity index (χ4n) is 1.92. The van der Waals surface area contributed by atoms with Crippen molar-refractivity contribution in [3.05, 3.63) is 29.3 Å². The highest BCUT2D eigenvalue weighted by atomic mass is 31.1. The number of carboxylic acids is 4. The standard InChI is InChI=1S/C14H15O8P/c15-11(16)3-5-23(6-4-12(17)18)8-1-2-9(13(19)20)10(7-8)14(21)22/h1-2,7H,3-6H2,(H,15,16)(H,17,18)(H,19,20)(H,21,22). The minimum Gasteiger partial charge on any atom is -0.481 e. The van der Waals surface area contributed by atoms with Gasteiger partial charge in [-0.05, 0) is 29.8 Å². The zero-order valence-electron chi connectivity index (χ0n) is 11.9. The Hall–Kier alpha value is -2.47. The van der Waals surface area contributed by atoms with E-state index >= 15 is 0 Å². The average Bonchev–Trinajstić information content (AvgIpc) is 2.46. The first-order valence-electron chi connectivity index (χ1n) is 6.51. The highest BCUT2D eigenvalue weighted by molar-refractivity contribution is 7.65. The maximum atomic E-state index is 11.2. The maximum Gasteiger partial charge on any atom is 0.336 e. The number of rotatable bonds is 9. The van der Waals surface area contributed by atoms with E-state index in [1.165, 1.54) is 12.1 Å². The molecule has 23 heavy (non-hydrogen) atoms. The summed E-state index contributed by atoms with van der Waals surface area (Å²) < 4.78 is 0. The van der Waals surface area contributed by atoms with Gasteiger partial charge in [-0.2, -0.15) is 0 Å². The van der Waals surface area contributed by atoms with Gasteiger partial charge in [0.25, 0.3) is 0 Å². The van der Waals surface area contributed by atoms with Crippen molar-refractivity contribution < 1.29 is 39.6 Å². The summed E-state index contributed by atoms with van der Waals surface area (Å²) in [6, 6.07) is 3.77. The van der Waals surface area contributed by atoms with Crippen LogP contribution in [0.15, 0.2) is 18.2 Å². The van der Waals surface area contributed by atoms with Gasteiger partial charge < -0.3 is 20.4 Å². The van der Waals surface area contributed by atoms with Gasteiger partial charge in [-0.15, -0.1) is 0 Å². The predicted molar refractivity (Wildman–Crippen MR) is 81.2 cm³/mol. The van der Waals surface area contributed by atoms with Crippen LogP contribution in [0.3, 0.4) is 0 Å². The molecule has 0 fully saturated rings. The van der Waals surface area contributed by atoms with Crippen molar-refractivity contribution in [2.24, 2.45) is 0 Å². The van der Waals surface area contributed by atoms with Gasteiger partial charge in [-0.1, -0.05) is 14.0 Å². The second-order valence-electron chi connectivity index (χ2n) is 4.61. The first-order valence-corrected chi connectivity index (χ1v) is 8.22. The molecule has 0 bridgehead atoms. The van der Waals surface area contributed by atoms with Crippen LogP contribution in [0.1, 0.15) is 33.6 Å². The van der Waals surface area contributed by atoms with Crippen LogP contribution in [-0.4, -0.2) is 56.6 Å². The largest absolute Gasteiger partial charge is 0.481 e. The SMILES string of the molecule is O=C(O)CCP(CCC(=O)O)c1ccc(C(=O)O)c(C(=O)O)c1. The fourth-order valence-corrected chi connectivity index (χ4v) is 4.18. The summed E-state index contributed by atoms with van der Waals surface area (Å²) in [6.07, 6.45) is 0.0513. The minimum atomic E-state index is -1.41. The molecule has 0 aliphatic carbocycles. The molecule has 0 atom stereocenters. The van der Waals surface area contributed by atoms with Crippen molar-refractivity contribution in [1.82, 2.24) is 0 Å². The third-order valence-electron chi connectivity index (χ3n) is 3.02. The maximum absolute atomic E-state index is 11.2. The van der Waals surface area contributed by atoms with Gasteiger partial charge in [0.1, 0.15) is 0 Å². The molecule has 0 amide bonds. The zero-order chi connectivity index (χ0) is 17.6. The highest BCUT2D eigenvalue weighted by Crippen LogP contribution is 2.36. The van der Waals surface area contributed by atoms with Crippen LogP contribution < -0.4 is 5.30 Å². The van der Waals surface area contributed by atoms with Crippen LogP contribution >= 0.6 is 7.92 Å². The van der Waals surface area contributed by atoms with Crippen LogP contribution in [0, 0.1) is 0 Å². The molecule has 0 saturated carbocycles. The normalized spacial score (nSPS) is 10.5. The monoisotopic (exact) mass is 342 g/mol. The summed E-state index contributed by atoms with van der Waals surface area (Å²) in [6.45, 7) is 0. The summed E-state index contributed by atoms with van der Waals surface area (Å²) in [5, 5.41) is 36.1. The van der Waals surface area contributed by atoms with Crippen LogP contribution in [0.5, 0.6) is 0 Å². The predicted octanol–water partition coefficient (Wildman–Crippen LogP) is 1.14. The van der Waals surface area contributed by atoms with Crippen molar-refractivity contribution in [1.29, 1.82) is 0 Å². The third kappa shape index (κ3) is 5.67. The summed E-state index contributed by atoms with van der Waals surface area (Å²) in [5.41, 5.74) is -0.763. The van der Waals surface area contributed by atoms with Gasteiger partial charge >= 0.3 is 23.9 Å². The molecule has 1 aromatic carbocycles. The van der Waals surface area contributed by atoms with Gasteiger partial charge in [0.2, 0.25) is 0 Å². The first-order chi connectivity index (χ1) is 10.7. The van der Waals surface area contributed by atoms with Gasteiger partial charge in [0.15, 0.2) is 0 Å². The third-order valence-corrected chi connectivity index (χ3v) is 5.56. The quantitative estimate of drug-likeness (QED) is 0.488. The summed E-state index contributed by atoms with van der Waals surface area (Å²) in [5.74, 6) is -4.85. The van der Waals surface area contributed by atoms with E-state index in [2.05, 4.69) is 0 Å². The number of carboxylic acid groups (broad SMARTS) is 4. The number of aromatic carboxylic acids is 2. The number of carbonyl (C=O) groups is 4. The van der Waals surface area contributed by atoms with E-state index < -0.39 is 37.4 Å². The van der Waals surface area contributed by atoms with Crippen molar-refractivity contribution >= 4 is 37.1 Å². The molecule has 0 aromatic heterocycles. The van der Waals surface area contributed by atoms with E-state index in [4.69, 9.17) is 20.4 Å². The lowest BCUT2D eigenvalue weighted by molar-refractivity contribution is -0.137. The zero-order valence-corrected chi connectivity index (χ0v) is 12.8. The van der Waals surface area contributed by atoms with E-state index in [1.807, 2.05) is 0 Å². The molecule has 0 aliphatic heterocycles. The lowest BCUT2D eigenvalue weighted by atomic mass is 10.1. The second-order valence-corrected chi connectivity index (χ2v) is 7.11. The number of hydrogen-bond acceptors (Lipinski definition) is 4. The van der Waals surface area contributed by atoms with Crippen molar-refractivity contribution in [2.45, 2.75) is 12.8 Å². The van der Waals surface area contributed by atoms with E-state index in [9.17, 15) is 19.2 Å². The molecule has 1 aromatic rings. The van der Waals surface area contributed by atoms with Crippen molar-refractivity contribution in [3.63, 3.8) is 0 Å². The minimum absolute atomic E-state index is 0.172. The van der Waals surface area contributed by atoms with Crippen LogP contribution in [0.4, 0.5) is 0 Å². The Morgan fingerprint density at radius 2 is 1.26 bits per heavy atom. The molecule has 8 nitrogen and oxygen atoms in total. The highest BCUT2D eigenvalue weighted by Gasteiger charge is 2.20. The van der Waals surface area contributed by atoms with E-state index in [1.54, 1.807) is 0 Å². The Balaban J connectivity index is 3.15. The molecule has 0 saturated heterocycles. The van der Waals surface area contributed by atoms with Crippen LogP contribution in [0.2, 0.25) is 0 Å². The molecule has 0 aliphatic rings. The molecule has 4 N–H and O–H groups in total. The van der Waals surface area contributed by atoms with E-state index in [-0.39, 0.29) is 30.7 Å². The fraction of sp³-hybridized carbons (Fsp3) is 0.286. The molecule has 124 valence electrons. The number of benzene rings is 1. The molecular formula is C14H15O8P. The van der Waals surface area contributed by atoms with Gasteiger partial charge in [0, 0.05) is 12.8 Å². The molecule has 0 unspecified atom stereocenters. The summed E-state index contributed by atoms with van der Waals surface area (Å²) in [4.78, 5) is 43.6. The molecule has 9 heteroatoms. The Morgan fingerprint density at radius 3 is 1.65 bits per heavy atom. The van der Waals surface area contributed by atoms with Gasteiger partial charge in [-0.25, -0.2) is 9.59 Å². The Kier molecular flexibility index (Phi) is 6.65. The Morgan fingerprint density at radius 1 is 0.783 bits per heavy atom. The van der Waals surface area contributed by atoms with E-state index in [0.717, 1.165) is 6.07 Å². The first kappa shape index (κ1) is 18.6. The number of aliphatic carboxylic acids is 2. The van der Waals surface area contributed by atoms with E-state index in [0.29, 0.717) is 5.30 Å². The van der Waals surface area contributed by atoms with Gasteiger partial charge in [0.05, 0.1) is 11.1 Å². The van der Waals surface area contributed by atoms with Crippen LogP contribution in [0.25, 0.3) is 0 Å². The Labute approximate surface area is 132 Å². The Bertz CT molecular complexity index is 622. The van der Waals surface area contributed by atoms with Crippen LogP contribution in [-0.2, 0) is 9.59 Å². The molecular weight excluding hydrogens is 327 g/mol. The topological polar surface area (TPSA) is 149 Å². The van der Waals surface area contributed by atoms with Gasteiger partial charge in [-0.3, -0.25) is 9.59 Å². The smallest absolute Gasteiger partial charge is 0.336 e. The second kappa shape index (κ2) is 8.24. The lowest BCUT2D eigenvalue weighted by Crippen LogP contribution is -2.16.